The smallest absolute Gasteiger partial charge is 0.252 e. The summed E-state index contributed by atoms with van der Waals surface area (Å²) in [5.74, 6) is 1.44. The van der Waals surface area contributed by atoms with E-state index in [0.29, 0.717) is 12.5 Å². The Hall–Kier alpha value is -2.47. The van der Waals surface area contributed by atoms with Gasteiger partial charge in [-0.1, -0.05) is 0 Å². The lowest BCUT2D eigenvalue weighted by molar-refractivity contribution is 0.758. The van der Waals surface area contributed by atoms with E-state index in [4.69, 9.17) is 5.73 Å². The van der Waals surface area contributed by atoms with Crippen molar-refractivity contribution in [2.24, 2.45) is 5.73 Å². The zero-order valence-electron chi connectivity index (χ0n) is 11.5. The van der Waals surface area contributed by atoms with Crippen LogP contribution in [-0.2, 0) is 6.54 Å². The van der Waals surface area contributed by atoms with Crippen LogP contribution in [0.4, 0.5) is 0 Å². The van der Waals surface area contributed by atoms with E-state index in [-0.39, 0.29) is 0 Å². The van der Waals surface area contributed by atoms with Crippen LogP contribution in [0.1, 0.15) is 17.0 Å². The Bertz CT molecular complexity index is 706. The largest absolute Gasteiger partial charge is 0.326 e. The van der Waals surface area contributed by atoms with Gasteiger partial charge in [0.05, 0.1) is 6.20 Å². The molecule has 0 saturated carbocycles. The molecule has 0 aliphatic rings. The van der Waals surface area contributed by atoms with Gasteiger partial charge in [0.2, 0.25) is 0 Å². The van der Waals surface area contributed by atoms with Gasteiger partial charge >= 0.3 is 0 Å². The van der Waals surface area contributed by atoms with E-state index in [2.05, 4.69) is 15.1 Å². The highest BCUT2D eigenvalue weighted by molar-refractivity contribution is 5.38. The fourth-order valence-corrected chi connectivity index (χ4v) is 2.22. The van der Waals surface area contributed by atoms with Crippen LogP contribution in [0, 0.1) is 13.8 Å². The molecule has 3 aromatic heterocycles. The third-order valence-corrected chi connectivity index (χ3v) is 3.05. The van der Waals surface area contributed by atoms with Gasteiger partial charge in [-0.2, -0.15) is 9.78 Å². The fraction of sp³-hybridized carbons (Fsp3) is 0.214. The topological polar surface area (TPSA) is 74.6 Å². The molecule has 2 N–H and O–H groups in total. The van der Waals surface area contributed by atoms with Gasteiger partial charge in [-0.15, -0.1) is 0 Å². The van der Waals surface area contributed by atoms with Crippen LogP contribution in [-0.4, -0.2) is 24.3 Å². The number of hydrogen-bond donors (Lipinski definition) is 1. The first-order chi connectivity index (χ1) is 9.69. The molecule has 6 heteroatoms. The van der Waals surface area contributed by atoms with Gasteiger partial charge in [-0.25, -0.2) is 9.97 Å². The van der Waals surface area contributed by atoms with Crippen LogP contribution in [0.2, 0.25) is 0 Å². The van der Waals surface area contributed by atoms with Crippen LogP contribution < -0.4 is 5.73 Å². The molecule has 3 aromatic rings. The number of rotatable bonds is 3. The zero-order chi connectivity index (χ0) is 14.1. The zero-order valence-corrected chi connectivity index (χ0v) is 11.5. The summed E-state index contributed by atoms with van der Waals surface area (Å²) in [6.07, 6.45) is 5.67. The van der Waals surface area contributed by atoms with Crippen LogP contribution in [0.25, 0.3) is 11.8 Å². The van der Waals surface area contributed by atoms with Crippen LogP contribution in [0.3, 0.4) is 0 Å². The average Bonchev–Trinajstić information content (AvgIpc) is 3.06. The Morgan fingerprint density at radius 2 is 1.75 bits per heavy atom. The van der Waals surface area contributed by atoms with E-state index in [1.165, 1.54) is 0 Å². The van der Waals surface area contributed by atoms with Gasteiger partial charge in [-0.3, -0.25) is 0 Å². The SMILES string of the molecule is Cc1cc(C)nc(-n2ncc(CN)c2-n2cccc2)n1. The normalized spacial score (nSPS) is 10.9. The second-order valence-electron chi connectivity index (χ2n) is 4.65. The highest BCUT2D eigenvalue weighted by Gasteiger charge is 2.15. The summed E-state index contributed by atoms with van der Waals surface area (Å²) in [4.78, 5) is 8.92. The van der Waals surface area contributed by atoms with Crippen molar-refractivity contribution in [1.29, 1.82) is 0 Å². The van der Waals surface area contributed by atoms with Gasteiger partial charge in [0, 0.05) is 35.9 Å². The quantitative estimate of drug-likeness (QED) is 0.781. The predicted molar refractivity (Wildman–Crippen MR) is 75.8 cm³/mol. The molecule has 0 aliphatic carbocycles. The molecule has 0 aliphatic heterocycles. The summed E-state index contributed by atoms with van der Waals surface area (Å²) in [7, 11) is 0. The summed E-state index contributed by atoms with van der Waals surface area (Å²) in [5.41, 5.74) is 8.57. The third kappa shape index (κ3) is 2.10. The molecule has 0 spiro atoms. The molecular formula is C14H16N6. The van der Waals surface area contributed by atoms with E-state index >= 15 is 0 Å². The van der Waals surface area contributed by atoms with E-state index in [1.807, 2.05) is 49.0 Å². The highest BCUT2D eigenvalue weighted by atomic mass is 15.4. The summed E-state index contributed by atoms with van der Waals surface area (Å²) in [6.45, 7) is 4.31. The Morgan fingerprint density at radius 1 is 1.10 bits per heavy atom. The first kappa shape index (κ1) is 12.6. The number of nitrogens with zero attached hydrogens (tertiary/aromatic N) is 5. The standard InChI is InChI=1S/C14H16N6/c1-10-7-11(2)18-14(17-10)20-13(12(8-15)9-16-20)19-5-3-4-6-19/h3-7,9H,8,15H2,1-2H3. The van der Waals surface area contributed by atoms with E-state index in [9.17, 15) is 0 Å². The minimum Gasteiger partial charge on any atom is -0.326 e. The van der Waals surface area contributed by atoms with Crippen molar-refractivity contribution in [3.63, 3.8) is 0 Å². The van der Waals surface area contributed by atoms with Crippen LogP contribution in [0.5, 0.6) is 0 Å². The molecule has 0 amide bonds. The lowest BCUT2D eigenvalue weighted by Gasteiger charge is -2.10. The van der Waals surface area contributed by atoms with E-state index < -0.39 is 0 Å². The van der Waals surface area contributed by atoms with Gasteiger partial charge in [0.15, 0.2) is 0 Å². The Labute approximate surface area is 116 Å². The molecule has 0 bridgehead atoms. The lowest BCUT2D eigenvalue weighted by Crippen LogP contribution is -2.11. The second-order valence-corrected chi connectivity index (χ2v) is 4.65. The van der Waals surface area contributed by atoms with Crippen molar-refractivity contribution < 1.29 is 0 Å². The fourth-order valence-electron chi connectivity index (χ4n) is 2.22. The molecule has 0 fully saturated rings. The Kier molecular flexibility index (Phi) is 3.08. The number of aromatic nitrogens is 5. The molecule has 3 heterocycles. The number of nitrogens with two attached hydrogens (primary N) is 1. The van der Waals surface area contributed by atoms with Gasteiger partial charge in [-0.05, 0) is 32.0 Å². The molecule has 0 aromatic carbocycles. The minimum absolute atomic E-state index is 0.415. The molecule has 0 atom stereocenters. The minimum atomic E-state index is 0.415. The van der Waals surface area contributed by atoms with Gasteiger partial charge in [0.25, 0.3) is 5.95 Å². The first-order valence-corrected chi connectivity index (χ1v) is 6.42. The first-order valence-electron chi connectivity index (χ1n) is 6.42. The van der Waals surface area contributed by atoms with Crippen molar-refractivity contribution in [3.8, 4) is 11.8 Å². The lowest BCUT2D eigenvalue weighted by atomic mass is 10.3. The maximum Gasteiger partial charge on any atom is 0.252 e. The van der Waals surface area contributed by atoms with E-state index in [1.54, 1.807) is 10.9 Å². The monoisotopic (exact) mass is 268 g/mol. The molecule has 20 heavy (non-hydrogen) atoms. The third-order valence-electron chi connectivity index (χ3n) is 3.05. The van der Waals surface area contributed by atoms with Crippen molar-refractivity contribution in [2.45, 2.75) is 20.4 Å². The number of hydrogen-bond acceptors (Lipinski definition) is 4. The second kappa shape index (κ2) is 4.90. The summed E-state index contributed by atoms with van der Waals surface area (Å²) in [5, 5.41) is 4.39. The van der Waals surface area contributed by atoms with Crippen molar-refractivity contribution in [2.75, 3.05) is 0 Å². The molecule has 3 rings (SSSR count). The Balaban J connectivity index is 2.22. The van der Waals surface area contributed by atoms with Gasteiger partial charge < -0.3 is 10.3 Å². The number of aryl methyl sites for hydroxylation is 2. The maximum absolute atomic E-state index is 5.80. The molecule has 0 radical (unpaired) electrons. The van der Waals surface area contributed by atoms with Crippen LogP contribution >= 0.6 is 0 Å². The van der Waals surface area contributed by atoms with Crippen molar-refractivity contribution >= 4 is 0 Å². The summed E-state index contributed by atoms with van der Waals surface area (Å²) in [6, 6.07) is 5.85. The van der Waals surface area contributed by atoms with Crippen molar-refractivity contribution in [3.05, 3.63) is 53.7 Å². The molecule has 0 unspecified atom stereocenters. The van der Waals surface area contributed by atoms with Crippen LogP contribution in [0.15, 0.2) is 36.8 Å². The van der Waals surface area contributed by atoms with E-state index in [0.717, 1.165) is 22.8 Å². The predicted octanol–water partition coefficient (Wildman–Crippen LogP) is 1.53. The summed E-state index contributed by atoms with van der Waals surface area (Å²) >= 11 is 0. The average molecular weight is 268 g/mol. The highest BCUT2D eigenvalue weighted by Crippen LogP contribution is 2.17. The van der Waals surface area contributed by atoms with Crippen molar-refractivity contribution in [1.82, 2.24) is 24.3 Å². The molecule has 6 nitrogen and oxygen atoms in total. The molecule has 0 saturated heterocycles. The molecule has 102 valence electrons. The maximum atomic E-state index is 5.80. The summed E-state index contributed by atoms with van der Waals surface area (Å²) < 4.78 is 3.69. The van der Waals surface area contributed by atoms with Gasteiger partial charge in [0.1, 0.15) is 5.82 Å². The molecular weight excluding hydrogens is 252 g/mol. The Morgan fingerprint density at radius 3 is 2.35 bits per heavy atom.